The van der Waals surface area contributed by atoms with Gasteiger partial charge in [-0.1, -0.05) is 17.3 Å². The van der Waals surface area contributed by atoms with E-state index in [0.717, 1.165) is 0 Å². The second-order valence-electron chi connectivity index (χ2n) is 3.94. The van der Waals surface area contributed by atoms with E-state index < -0.39 is 14.8 Å². The van der Waals surface area contributed by atoms with Gasteiger partial charge in [0.2, 0.25) is 0 Å². The first-order valence-electron chi connectivity index (χ1n) is 5.90. The minimum absolute atomic E-state index is 0.142. The molecule has 1 heterocycles. The van der Waals surface area contributed by atoms with Crippen LogP contribution in [-0.4, -0.2) is 57.3 Å². The molecule has 8 nitrogen and oxygen atoms in total. The van der Waals surface area contributed by atoms with E-state index in [1.165, 1.54) is 26.0 Å². The van der Waals surface area contributed by atoms with Crippen LogP contribution in [0.4, 0.5) is 4.79 Å². The van der Waals surface area contributed by atoms with Crippen LogP contribution in [0.15, 0.2) is 24.3 Å². The molecule has 0 bridgehead atoms. The summed E-state index contributed by atoms with van der Waals surface area (Å²) in [6.45, 7) is 0. The number of rotatable bonds is 5. The first-order chi connectivity index (χ1) is 9.65. The van der Waals surface area contributed by atoms with Gasteiger partial charge in [-0.05, 0) is 12.1 Å². The normalized spacial score (nSPS) is 11.8. The molecule has 0 radical (unpaired) electrons. The van der Waals surface area contributed by atoms with E-state index in [1.54, 1.807) is 12.1 Å². The third kappa shape index (κ3) is 2.70. The van der Waals surface area contributed by atoms with Crippen molar-refractivity contribution in [1.82, 2.24) is 20.3 Å². The van der Waals surface area contributed by atoms with Gasteiger partial charge >= 0.3 is 14.8 Å². The molecule has 2 rings (SSSR count). The molecule has 0 aliphatic heterocycles. The number of nitrogens with zero attached hydrogens (tertiary/aromatic N) is 3. The summed E-state index contributed by atoms with van der Waals surface area (Å²) >= 11 is 0. The lowest BCUT2D eigenvalue weighted by molar-refractivity contribution is 0.122. The van der Waals surface area contributed by atoms with Crippen LogP contribution < -0.4 is 5.32 Å². The number of fused-ring (bicyclic) bond motifs is 1. The number of amides is 1. The van der Waals surface area contributed by atoms with Gasteiger partial charge in [0.1, 0.15) is 5.52 Å². The first kappa shape index (κ1) is 14.6. The quantitative estimate of drug-likeness (QED) is 0.804. The highest BCUT2D eigenvalue weighted by Crippen LogP contribution is 2.09. The molecule has 0 unspecified atom stereocenters. The maximum Gasteiger partial charge on any atom is 0.520 e. The summed E-state index contributed by atoms with van der Waals surface area (Å²) in [5.41, 5.74) is 1.28. The molecule has 9 heteroatoms. The Balaban J connectivity index is 2.13. The van der Waals surface area contributed by atoms with E-state index in [2.05, 4.69) is 15.6 Å². The van der Waals surface area contributed by atoms with Crippen molar-refractivity contribution in [2.45, 2.75) is 0 Å². The van der Waals surface area contributed by atoms with Gasteiger partial charge in [0.15, 0.2) is 0 Å². The minimum atomic E-state index is -2.85. The third-order valence-corrected chi connectivity index (χ3v) is 5.41. The number of aromatic nitrogens is 3. The smallest absolute Gasteiger partial charge is 0.376 e. The van der Waals surface area contributed by atoms with Crippen LogP contribution in [0.1, 0.15) is 0 Å². The molecule has 2 aromatic rings. The molecule has 0 saturated carbocycles. The van der Waals surface area contributed by atoms with Gasteiger partial charge in [-0.25, -0.2) is 4.79 Å². The van der Waals surface area contributed by atoms with E-state index in [-0.39, 0.29) is 6.17 Å². The lowest BCUT2D eigenvalue weighted by Crippen LogP contribution is -2.54. The second kappa shape index (κ2) is 6.09. The third-order valence-electron chi connectivity index (χ3n) is 2.93. The Kier molecular flexibility index (Phi) is 4.45. The molecule has 0 atom stereocenters. The highest BCUT2D eigenvalue weighted by molar-refractivity contribution is 6.61. The fraction of sp³-hybridized carbons (Fsp3) is 0.364. The molecule has 0 spiro atoms. The fourth-order valence-corrected chi connectivity index (χ4v) is 3.04. The van der Waals surface area contributed by atoms with Gasteiger partial charge in [0.25, 0.3) is 0 Å². The van der Waals surface area contributed by atoms with Gasteiger partial charge in [0.05, 0.1) is 11.7 Å². The molecule has 1 amide bonds. The zero-order valence-electron chi connectivity index (χ0n) is 11.5. The number of hydrogen-bond donors (Lipinski definition) is 1. The summed E-state index contributed by atoms with van der Waals surface area (Å²) in [5.74, 6) is 0. The highest BCUT2D eigenvalue weighted by atomic mass is 28.4. The van der Waals surface area contributed by atoms with E-state index in [0.29, 0.717) is 11.0 Å². The first-order valence-corrected chi connectivity index (χ1v) is 7.83. The molecule has 0 aliphatic carbocycles. The van der Waals surface area contributed by atoms with Crippen LogP contribution >= 0.6 is 0 Å². The van der Waals surface area contributed by atoms with Crippen LogP contribution in [0, 0.1) is 0 Å². The van der Waals surface area contributed by atoms with E-state index in [1.807, 2.05) is 12.1 Å². The van der Waals surface area contributed by atoms with Gasteiger partial charge in [-0.15, -0.1) is 5.10 Å². The number of para-hydroxylation sites is 1. The van der Waals surface area contributed by atoms with Crippen LogP contribution in [0.2, 0.25) is 0 Å². The topological polar surface area (TPSA) is 87.5 Å². The van der Waals surface area contributed by atoms with Crippen molar-refractivity contribution in [1.29, 1.82) is 0 Å². The number of benzene rings is 1. The molecule has 0 saturated heterocycles. The Labute approximate surface area is 117 Å². The number of nitrogens with one attached hydrogen (secondary N) is 1. The Morgan fingerprint density at radius 3 is 2.55 bits per heavy atom. The Bertz CT molecular complexity index is 591. The summed E-state index contributed by atoms with van der Waals surface area (Å²) in [7, 11) is 1.59. The van der Waals surface area contributed by atoms with Crippen LogP contribution in [-0.2, 0) is 13.3 Å². The molecule has 108 valence electrons. The Morgan fingerprint density at radius 2 is 1.90 bits per heavy atom. The van der Waals surface area contributed by atoms with Crippen molar-refractivity contribution in [2.24, 2.45) is 0 Å². The highest BCUT2D eigenvalue weighted by Gasteiger charge is 2.38. The Morgan fingerprint density at radius 1 is 1.25 bits per heavy atom. The Hall–Kier alpha value is -1.81. The van der Waals surface area contributed by atoms with Crippen LogP contribution in [0.3, 0.4) is 0 Å². The minimum Gasteiger partial charge on any atom is -0.376 e. The van der Waals surface area contributed by atoms with Crippen LogP contribution in [0.25, 0.3) is 11.0 Å². The van der Waals surface area contributed by atoms with Gasteiger partial charge in [-0.2, -0.15) is 4.68 Å². The summed E-state index contributed by atoms with van der Waals surface area (Å²) in [4.78, 5) is 12.1. The average molecular weight is 296 g/mol. The largest absolute Gasteiger partial charge is 0.520 e. The van der Waals surface area contributed by atoms with Gasteiger partial charge < -0.3 is 18.6 Å². The molecule has 1 N–H and O–H groups in total. The zero-order chi connectivity index (χ0) is 14.6. The lowest BCUT2D eigenvalue weighted by atomic mass is 10.3. The molecule has 0 fully saturated rings. The average Bonchev–Trinajstić information content (AvgIpc) is 2.93. The number of carbonyl (C=O) groups excluding carboxylic acids is 1. The fourth-order valence-electron chi connectivity index (χ4n) is 1.74. The van der Waals surface area contributed by atoms with Gasteiger partial charge in [0, 0.05) is 21.3 Å². The van der Waals surface area contributed by atoms with E-state index in [4.69, 9.17) is 13.3 Å². The second-order valence-corrected chi connectivity index (χ2v) is 6.89. The number of hydrogen-bond acceptors (Lipinski definition) is 6. The summed E-state index contributed by atoms with van der Waals surface area (Å²) in [5, 5.41) is 10.4. The van der Waals surface area contributed by atoms with Crippen molar-refractivity contribution in [3.05, 3.63) is 24.3 Å². The summed E-state index contributed by atoms with van der Waals surface area (Å²) in [6, 6.07) is 6.78. The standard InChI is InChI=1S/C11H16N4O4Si/c1-17-20(18-2,19-3)8-12-11(16)15-10-7-5-4-6-9(10)13-14-15/h4-7H,8H2,1-3H3,(H,12,16). The molecular weight excluding hydrogens is 280 g/mol. The van der Waals surface area contributed by atoms with Crippen molar-refractivity contribution in [3.8, 4) is 0 Å². The number of carbonyl (C=O) groups is 1. The zero-order valence-corrected chi connectivity index (χ0v) is 12.5. The van der Waals surface area contributed by atoms with E-state index >= 15 is 0 Å². The maximum atomic E-state index is 12.1. The monoisotopic (exact) mass is 296 g/mol. The molecule has 1 aromatic heterocycles. The summed E-state index contributed by atoms with van der Waals surface area (Å²) < 4.78 is 16.9. The molecule has 0 aliphatic rings. The predicted molar refractivity (Wildman–Crippen MR) is 73.1 cm³/mol. The van der Waals surface area contributed by atoms with Crippen molar-refractivity contribution in [3.63, 3.8) is 0 Å². The van der Waals surface area contributed by atoms with Crippen LogP contribution in [0.5, 0.6) is 0 Å². The molecular formula is C11H16N4O4Si. The SMILES string of the molecule is CO[Si](CNC(=O)n1nnc2ccccc21)(OC)OC. The summed E-state index contributed by atoms with van der Waals surface area (Å²) in [6.07, 6.45) is 0.142. The predicted octanol–water partition coefficient (Wildman–Crippen LogP) is 0.406. The van der Waals surface area contributed by atoms with E-state index in [9.17, 15) is 4.79 Å². The van der Waals surface area contributed by atoms with Crippen molar-refractivity contribution < 1.29 is 18.1 Å². The molecule has 20 heavy (non-hydrogen) atoms. The molecule has 1 aromatic carbocycles. The maximum absolute atomic E-state index is 12.1. The van der Waals surface area contributed by atoms with Gasteiger partial charge in [-0.3, -0.25) is 0 Å². The van der Waals surface area contributed by atoms with Crippen molar-refractivity contribution in [2.75, 3.05) is 27.5 Å². The lowest BCUT2D eigenvalue weighted by Gasteiger charge is -2.24. The van der Waals surface area contributed by atoms with Crippen molar-refractivity contribution >= 4 is 25.9 Å².